The third-order valence-electron chi connectivity index (χ3n) is 7.02. The number of hydrogen-bond donors (Lipinski definition) is 2. The molecule has 2 fully saturated rings. The first-order chi connectivity index (χ1) is 13.8. The number of halogens is 2. The van der Waals surface area contributed by atoms with Crippen LogP contribution < -0.4 is 0 Å². The highest BCUT2D eigenvalue weighted by Crippen LogP contribution is 2.70. The molecular formula is C21H19F2N3O3. The van der Waals surface area contributed by atoms with E-state index in [9.17, 15) is 18.7 Å². The van der Waals surface area contributed by atoms with Crippen LogP contribution in [0.4, 0.5) is 8.78 Å². The van der Waals surface area contributed by atoms with Gasteiger partial charge < -0.3 is 14.8 Å². The number of carboxylic acids is 1. The lowest BCUT2D eigenvalue weighted by Gasteiger charge is -2.29. The van der Waals surface area contributed by atoms with Crippen molar-refractivity contribution in [3.63, 3.8) is 0 Å². The monoisotopic (exact) mass is 399 g/mol. The van der Waals surface area contributed by atoms with Gasteiger partial charge in [0, 0.05) is 46.3 Å². The number of aromatic carboxylic acids is 1. The first kappa shape index (κ1) is 17.1. The lowest BCUT2D eigenvalue weighted by molar-refractivity contribution is -0.108. The van der Waals surface area contributed by atoms with E-state index in [1.54, 1.807) is 29.8 Å². The number of H-pyrrole nitrogens is 1. The Labute approximate surface area is 164 Å². The molecule has 8 heteroatoms. The average molecular weight is 399 g/mol. The van der Waals surface area contributed by atoms with Gasteiger partial charge in [0.05, 0.1) is 17.9 Å². The third kappa shape index (κ3) is 2.12. The van der Waals surface area contributed by atoms with E-state index in [1.165, 1.54) is 0 Å². The molecule has 6 rings (SSSR count). The first-order valence-corrected chi connectivity index (χ1v) is 9.76. The molecule has 3 aromatic rings. The highest BCUT2D eigenvalue weighted by atomic mass is 19.3. The van der Waals surface area contributed by atoms with E-state index in [4.69, 9.17) is 9.84 Å². The maximum absolute atomic E-state index is 14.5. The number of ether oxygens (including phenoxy) is 1. The molecule has 2 aliphatic carbocycles. The molecule has 1 saturated heterocycles. The molecule has 1 aromatic carbocycles. The van der Waals surface area contributed by atoms with Gasteiger partial charge in [-0.2, -0.15) is 5.10 Å². The standard InChI is InChI=1S/C21H19F2N3O3/c1-20-9-15-12(8-16(20)21(20,22)23)18(25-26(15)17-4-5-29-17)14-6-10-2-3-11(19(27)28)7-13(10)24-14/h2-3,6-7,16-17,24H,4-5,8-9H2,1H3,(H,27,28)/t16-,17?,20+/m0/s1. The summed E-state index contributed by atoms with van der Waals surface area (Å²) in [4.78, 5) is 14.5. The van der Waals surface area contributed by atoms with Crippen LogP contribution in [0.1, 0.15) is 41.2 Å². The zero-order valence-corrected chi connectivity index (χ0v) is 15.7. The maximum Gasteiger partial charge on any atom is 0.335 e. The summed E-state index contributed by atoms with van der Waals surface area (Å²) in [6, 6.07) is 6.76. The van der Waals surface area contributed by atoms with Crippen molar-refractivity contribution in [3.05, 3.63) is 41.1 Å². The lowest BCUT2D eigenvalue weighted by Crippen LogP contribution is -2.29. The minimum absolute atomic E-state index is 0.190. The minimum atomic E-state index is -2.66. The molecule has 0 radical (unpaired) electrons. The number of nitrogens with zero attached hydrogens (tertiary/aromatic N) is 2. The smallest absolute Gasteiger partial charge is 0.335 e. The zero-order chi connectivity index (χ0) is 20.1. The number of aromatic nitrogens is 3. The van der Waals surface area contributed by atoms with Crippen LogP contribution in [0.3, 0.4) is 0 Å². The van der Waals surface area contributed by atoms with Crippen molar-refractivity contribution in [3.8, 4) is 11.4 Å². The number of carboxylic acid groups (broad SMARTS) is 1. The van der Waals surface area contributed by atoms with Gasteiger partial charge in [-0.25, -0.2) is 18.3 Å². The SMILES string of the molecule is C[C@@]12Cc3c(c(-c4cc5ccc(C(=O)O)cc5[nH]4)nn3C3CCO3)C[C@@H]1C2(F)F. The number of benzene rings is 1. The fourth-order valence-electron chi connectivity index (χ4n) is 4.98. The zero-order valence-electron chi connectivity index (χ0n) is 15.7. The van der Waals surface area contributed by atoms with Crippen molar-refractivity contribution in [1.82, 2.24) is 14.8 Å². The third-order valence-corrected chi connectivity index (χ3v) is 7.02. The number of hydrogen-bond acceptors (Lipinski definition) is 3. The molecular weight excluding hydrogens is 380 g/mol. The predicted molar refractivity (Wildman–Crippen MR) is 100 cm³/mol. The van der Waals surface area contributed by atoms with Gasteiger partial charge in [-0.3, -0.25) is 0 Å². The molecule has 2 aromatic heterocycles. The molecule has 1 aliphatic heterocycles. The van der Waals surface area contributed by atoms with E-state index in [1.807, 2.05) is 6.07 Å². The van der Waals surface area contributed by atoms with Gasteiger partial charge in [-0.05, 0) is 24.6 Å². The Morgan fingerprint density at radius 1 is 1.38 bits per heavy atom. The van der Waals surface area contributed by atoms with Gasteiger partial charge in [-0.1, -0.05) is 13.0 Å². The molecule has 0 amide bonds. The van der Waals surface area contributed by atoms with E-state index in [-0.39, 0.29) is 24.6 Å². The molecule has 150 valence electrons. The Bertz CT molecular complexity index is 1190. The Morgan fingerprint density at radius 3 is 2.86 bits per heavy atom. The molecule has 0 bridgehead atoms. The van der Waals surface area contributed by atoms with Crippen molar-refractivity contribution in [2.24, 2.45) is 11.3 Å². The van der Waals surface area contributed by atoms with E-state index < -0.39 is 23.2 Å². The van der Waals surface area contributed by atoms with Crippen LogP contribution in [0.2, 0.25) is 0 Å². The topological polar surface area (TPSA) is 80.1 Å². The Balaban J connectivity index is 1.49. The van der Waals surface area contributed by atoms with Gasteiger partial charge in [0.15, 0.2) is 6.23 Å². The highest BCUT2D eigenvalue weighted by molar-refractivity contribution is 5.95. The van der Waals surface area contributed by atoms with Crippen LogP contribution in [0.5, 0.6) is 0 Å². The van der Waals surface area contributed by atoms with Crippen LogP contribution in [-0.2, 0) is 17.6 Å². The Kier molecular flexibility index (Phi) is 3.10. The first-order valence-electron chi connectivity index (χ1n) is 9.76. The van der Waals surface area contributed by atoms with Crippen LogP contribution >= 0.6 is 0 Å². The second-order valence-corrected chi connectivity index (χ2v) is 8.60. The summed E-state index contributed by atoms with van der Waals surface area (Å²) in [5.41, 5.74) is 2.93. The van der Waals surface area contributed by atoms with Crippen molar-refractivity contribution in [2.45, 2.75) is 38.3 Å². The van der Waals surface area contributed by atoms with Crippen molar-refractivity contribution >= 4 is 16.9 Å². The number of aromatic amines is 1. The normalized spacial score (nSPS) is 29.2. The fourth-order valence-corrected chi connectivity index (χ4v) is 4.98. The van der Waals surface area contributed by atoms with Crippen LogP contribution in [-0.4, -0.2) is 38.4 Å². The molecule has 6 nitrogen and oxygen atoms in total. The molecule has 3 atom stereocenters. The summed E-state index contributed by atoms with van der Waals surface area (Å²) < 4.78 is 36.3. The number of rotatable bonds is 3. The van der Waals surface area contributed by atoms with Crippen molar-refractivity contribution in [2.75, 3.05) is 6.61 Å². The van der Waals surface area contributed by atoms with E-state index in [2.05, 4.69) is 4.98 Å². The number of alkyl halides is 2. The fraction of sp³-hybridized carbons (Fsp3) is 0.429. The summed E-state index contributed by atoms with van der Waals surface area (Å²) in [7, 11) is 0. The largest absolute Gasteiger partial charge is 0.478 e. The van der Waals surface area contributed by atoms with Crippen LogP contribution in [0.25, 0.3) is 22.3 Å². The average Bonchev–Trinajstić information content (AvgIpc) is 3.01. The van der Waals surface area contributed by atoms with Gasteiger partial charge in [0.2, 0.25) is 0 Å². The van der Waals surface area contributed by atoms with Gasteiger partial charge >= 0.3 is 5.97 Å². The van der Waals surface area contributed by atoms with E-state index in [0.29, 0.717) is 23.5 Å². The highest BCUT2D eigenvalue weighted by Gasteiger charge is 2.78. The maximum atomic E-state index is 14.5. The quantitative estimate of drug-likeness (QED) is 0.697. The summed E-state index contributed by atoms with van der Waals surface area (Å²) in [6.07, 6.45) is 1.19. The molecule has 2 N–H and O–H groups in total. The molecule has 0 spiro atoms. The molecule has 29 heavy (non-hydrogen) atoms. The lowest BCUT2D eigenvalue weighted by atomic mass is 9.87. The second-order valence-electron chi connectivity index (χ2n) is 8.60. The Hall–Kier alpha value is -2.74. The van der Waals surface area contributed by atoms with Crippen LogP contribution in [0.15, 0.2) is 24.3 Å². The van der Waals surface area contributed by atoms with Gasteiger partial charge in [0.25, 0.3) is 5.92 Å². The Morgan fingerprint density at radius 2 is 2.17 bits per heavy atom. The van der Waals surface area contributed by atoms with Crippen LogP contribution in [0, 0.1) is 11.3 Å². The molecule has 3 aliphatic rings. The minimum Gasteiger partial charge on any atom is -0.478 e. The second kappa shape index (κ2) is 5.24. The van der Waals surface area contributed by atoms with E-state index in [0.717, 1.165) is 23.1 Å². The number of fused-ring (bicyclic) bond motifs is 3. The summed E-state index contributed by atoms with van der Waals surface area (Å²) in [6.45, 7) is 2.31. The van der Waals surface area contributed by atoms with Crippen molar-refractivity contribution in [1.29, 1.82) is 0 Å². The van der Waals surface area contributed by atoms with Gasteiger partial charge in [-0.15, -0.1) is 0 Å². The molecule has 1 saturated carbocycles. The molecule has 1 unspecified atom stereocenters. The van der Waals surface area contributed by atoms with Crippen molar-refractivity contribution < 1.29 is 23.4 Å². The predicted octanol–water partition coefficient (Wildman–Crippen LogP) is 4.02. The summed E-state index contributed by atoms with van der Waals surface area (Å²) in [5, 5.41) is 14.8. The summed E-state index contributed by atoms with van der Waals surface area (Å²) >= 11 is 0. The number of nitrogens with one attached hydrogen (secondary N) is 1. The molecule has 3 heterocycles. The summed E-state index contributed by atoms with van der Waals surface area (Å²) in [5.74, 6) is -4.32. The van der Waals surface area contributed by atoms with E-state index >= 15 is 0 Å². The van der Waals surface area contributed by atoms with Gasteiger partial charge in [0.1, 0.15) is 5.69 Å². The number of carbonyl (C=O) groups is 1.